The summed E-state index contributed by atoms with van der Waals surface area (Å²) in [4.78, 5) is 32.1. The van der Waals surface area contributed by atoms with Crippen molar-refractivity contribution in [1.82, 2.24) is 14.8 Å². The SMILES string of the molecule is CN(C)C(=O)CN(C)C(=O)c1sc2ncccc2c1N. The molecule has 2 aromatic heterocycles. The lowest BCUT2D eigenvalue weighted by atomic mass is 10.2. The maximum Gasteiger partial charge on any atom is 0.266 e. The zero-order valence-electron chi connectivity index (χ0n) is 11.6. The Morgan fingerprint density at radius 3 is 2.65 bits per heavy atom. The van der Waals surface area contributed by atoms with Crippen LogP contribution in [0.25, 0.3) is 10.2 Å². The number of hydrogen-bond acceptors (Lipinski definition) is 5. The minimum Gasteiger partial charge on any atom is -0.397 e. The van der Waals surface area contributed by atoms with Gasteiger partial charge in [-0.05, 0) is 12.1 Å². The normalized spacial score (nSPS) is 10.6. The van der Waals surface area contributed by atoms with E-state index in [9.17, 15) is 9.59 Å². The van der Waals surface area contributed by atoms with Crippen LogP contribution in [0.15, 0.2) is 18.3 Å². The minimum atomic E-state index is -0.263. The molecular weight excluding hydrogens is 276 g/mol. The van der Waals surface area contributed by atoms with E-state index in [4.69, 9.17) is 5.73 Å². The van der Waals surface area contributed by atoms with Crippen LogP contribution in [-0.4, -0.2) is 54.3 Å². The summed E-state index contributed by atoms with van der Waals surface area (Å²) in [6, 6.07) is 3.61. The van der Waals surface area contributed by atoms with Gasteiger partial charge in [0, 0.05) is 32.7 Å². The zero-order valence-corrected chi connectivity index (χ0v) is 12.4. The smallest absolute Gasteiger partial charge is 0.266 e. The third-order valence-corrected chi connectivity index (χ3v) is 4.03. The van der Waals surface area contributed by atoms with Gasteiger partial charge in [-0.2, -0.15) is 0 Å². The molecule has 0 unspecified atom stereocenters. The number of thiophene rings is 1. The summed E-state index contributed by atoms with van der Waals surface area (Å²) in [5.74, 6) is -0.403. The Bertz CT molecular complexity index is 665. The Kier molecular flexibility index (Phi) is 3.89. The number of hydrogen-bond donors (Lipinski definition) is 1. The Labute approximate surface area is 120 Å². The molecule has 7 heteroatoms. The van der Waals surface area contributed by atoms with Crippen LogP contribution in [0.4, 0.5) is 5.69 Å². The molecule has 0 bridgehead atoms. The van der Waals surface area contributed by atoms with E-state index < -0.39 is 0 Å². The summed E-state index contributed by atoms with van der Waals surface area (Å²) < 4.78 is 0. The summed E-state index contributed by atoms with van der Waals surface area (Å²) in [5.41, 5.74) is 6.42. The van der Waals surface area contributed by atoms with Gasteiger partial charge in [0.15, 0.2) is 0 Å². The molecule has 0 aromatic carbocycles. The Morgan fingerprint density at radius 1 is 1.35 bits per heavy atom. The van der Waals surface area contributed by atoms with Crippen molar-refractivity contribution in [3.63, 3.8) is 0 Å². The third-order valence-electron chi connectivity index (χ3n) is 2.92. The van der Waals surface area contributed by atoms with Gasteiger partial charge >= 0.3 is 0 Å². The highest BCUT2D eigenvalue weighted by Crippen LogP contribution is 2.32. The number of likely N-dealkylation sites (N-methyl/N-ethyl adjacent to an activating group) is 2. The largest absolute Gasteiger partial charge is 0.397 e. The molecule has 106 valence electrons. The molecule has 2 N–H and O–H groups in total. The van der Waals surface area contributed by atoms with Gasteiger partial charge in [-0.15, -0.1) is 11.3 Å². The van der Waals surface area contributed by atoms with E-state index in [0.29, 0.717) is 10.6 Å². The molecule has 6 nitrogen and oxygen atoms in total. The number of rotatable bonds is 3. The second-order valence-corrected chi connectivity index (χ2v) is 5.65. The van der Waals surface area contributed by atoms with Crippen LogP contribution in [0.5, 0.6) is 0 Å². The number of pyridine rings is 1. The predicted octanol–water partition coefficient (Wildman–Crippen LogP) is 1.04. The standard InChI is InChI=1S/C13H16N4O2S/c1-16(2)9(18)7-17(3)13(19)11-10(14)8-5-4-6-15-12(8)20-11/h4-6H,7,14H2,1-3H3. The molecule has 2 aromatic rings. The van der Waals surface area contributed by atoms with Crippen LogP contribution in [-0.2, 0) is 4.79 Å². The Morgan fingerprint density at radius 2 is 2.05 bits per heavy atom. The maximum atomic E-state index is 12.4. The van der Waals surface area contributed by atoms with Gasteiger partial charge in [0.25, 0.3) is 5.91 Å². The quantitative estimate of drug-likeness (QED) is 0.916. The van der Waals surface area contributed by atoms with Gasteiger partial charge < -0.3 is 15.5 Å². The van der Waals surface area contributed by atoms with Gasteiger partial charge in [0.05, 0.1) is 12.2 Å². The zero-order chi connectivity index (χ0) is 14.9. The van der Waals surface area contributed by atoms with Crippen molar-refractivity contribution in [3.8, 4) is 0 Å². The first kappa shape index (κ1) is 14.3. The van der Waals surface area contributed by atoms with Crippen LogP contribution in [0.2, 0.25) is 0 Å². The molecule has 0 saturated heterocycles. The molecule has 0 spiro atoms. The number of aromatic nitrogens is 1. The highest BCUT2D eigenvalue weighted by molar-refractivity contribution is 7.21. The number of fused-ring (bicyclic) bond motifs is 1. The number of nitrogens with zero attached hydrogens (tertiary/aromatic N) is 3. The fourth-order valence-corrected chi connectivity index (χ4v) is 2.76. The van der Waals surface area contributed by atoms with Gasteiger partial charge in [-0.25, -0.2) is 4.98 Å². The lowest BCUT2D eigenvalue weighted by molar-refractivity contribution is -0.129. The number of amides is 2. The first-order valence-corrected chi connectivity index (χ1v) is 6.82. The molecule has 0 saturated carbocycles. The van der Waals surface area contributed by atoms with E-state index in [-0.39, 0.29) is 18.4 Å². The lowest BCUT2D eigenvalue weighted by Gasteiger charge is -2.18. The first-order valence-electron chi connectivity index (χ1n) is 6.00. The van der Waals surface area contributed by atoms with Crippen LogP contribution in [0.1, 0.15) is 9.67 Å². The second-order valence-electron chi connectivity index (χ2n) is 4.65. The van der Waals surface area contributed by atoms with Crippen molar-refractivity contribution in [1.29, 1.82) is 0 Å². The molecule has 20 heavy (non-hydrogen) atoms. The summed E-state index contributed by atoms with van der Waals surface area (Å²) in [7, 11) is 4.89. The highest BCUT2D eigenvalue weighted by Gasteiger charge is 2.22. The molecule has 0 fully saturated rings. The monoisotopic (exact) mass is 292 g/mol. The average Bonchev–Trinajstić information content (AvgIpc) is 2.75. The molecule has 0 aliphatic rings. The summed E-state index contributed by atoms with van der Waals surface area (Å²) in [6.07, 6.45) is 1.66. The Balaban J connectivity index is 2.27. The van der Waals surface area contributed by atoms with Crippen molar-refractivity contribution in [2.24, 2.45) is 0 Å². The van der Waals surface area contributed by atoms with Crippen molar-refractivity contribution in [2.45, 2.75) is 0 Å². The average molecular weight is 292 g/mol. The highest BCUT2D eigenvalue weighted by atomic mass is 32.1. The molecule has 0 aliphatic carbocycles. The topological polar surface area (TPSA) is 79.5 Å². The third kappa shape index (κ3) is 2.57. The van der Waals surface area contributed by atoms with E-state index in [1.807, 2.05) is 6.07 Å². The van der Waals surface area contributed by atoms with Gasteiger partial charge in [0.1, 0.15) is 9.71 Å². The van der Waals surface area contributed by atoms with Crippen molar-refractivity contribution < 1.29 is 9.59 Å². The maximum absolute atomic E-state index is 12.4. The number of carbonyl (C=O) groups excluding carboxylic acids is 2. The molecule has 0 radical (unpaired) electrons. The molecular formula is C13H16N4O2S. The van der Waals surface area contributed by atoms with Crippen LogP contribution >= 0.6 is 11.3 Å². The van der Waals surface area contributed by atoms with Gasteiger partial charge in [0.2, 0.25) is 5.91 Å². The van der Waals surface area contributed by atoms with Gasteiger partial charge in [-0.3, -0.25) is 9.59 Å². The van der Waals surface area contributed by atoms with Crippen molar-refractivity contribution >= 4 is 39.1 Å². The second kappa shape index (κ2) is 5.46. The van der Waals surface area contributed by atoms with Crippen LogP contribution < -0.4 is 5.73 Å². The summed E-state index contributed by atoms with van der Waals surface area (Å²) in [5, 5.41) is 0.771. The number of anilines is 1. The van der Waals surface area contributed by atoms with Crippen LogP contribution in [0.3, 0.4) is 0 Å². The molecule has 0 aliphatic heterocycles. The summed E-state index contributed by atoms with van der Waals surface area (Å²) in [6.45, 7) is 0.0208. The molecule has 0 atom stereocenters. The number of nitrogen functional groups attached to an aromatic ring is 1. The number of nitrogens with two attached hydrogens (primary N) is 1. The van der Waals surface area contributed by atoms with E-state index in [2.05, 4.69) is 4.98 Å². The molecule has 2 rings (SSSR count). The fraction of sp³-hybridized carbons (Fsp3) is 0.308. The van der Waals surface area contributed by atoms with Crippen molar-refractivity contribution in [2.75, 3.05) is 33.4 Å². The first-order chi connectivity index (χ1) is 9.41. The van der Waals surface area contributed by atoms with E-state index in [0.717, 1.165) is 10.2 Å². The minimum absolute atomic E-state index is 0.0208. The molecule has 2 heterocycles. The Hall–Kier alpha value is -2.15. The van der Waals surface area contributed by atoms with Crippen molar-refractivity contribution in [3.05, 3.63) is 23.2 Å². The lowest BCUT2D eigenvalue weighted by Crippen LogP contribution is -2.37. The van der Waals surface area contributed by atoms with E-state index in [1.165, 1.54) is 21.1 Å². The molecule has 2 amide bonds. The van der Waals surface area contributed by atoms with Crippen LogP contribution in [0, 0.1) is 0 Å². The van der Waals surface area contributed by atoms with E-state index >= 15 is 0 Å². The predicted molar refractivity (Wildman–Crippen MR) is 79.7 cm³/mol. The number of carbonyl (C=O) groups is 2. The van der Waals surface area contributed by atoms with E-state index in [1.54, 1.807) is 33.4 Å². The fourth-order valence-electron chi connectivity index (χ4n) is 1.70. The van der Waals surface area contributed by atoms with Gasteiger partial charge in [-0.1, -0.05) is 0 Å². The summed E-state index contributed by atoms with van der Waals surface area (Å²) >= 11 is 1.24.